The molecule has 3 nitrogen and oxygen atoms in total. The predicted molar refractivity (Wildman–Crippen MR) is 74.8 cm³/mol. The van der Waals surface area contributed by atoms with E-state index in [0.717, 1.165) is 38.6 Å². The third-order valence-electron chi connectivity index (χ3n) is 3.13. The molecule has 0 aromatic heterocycles. The van der Waals surface area contributed by atoms with Crippen LogP contribution in [0.3, 0.4) is 0 Å². The lowest BCUT2D eigenvalue weighted by Crippen LogP contribution is -2.27. The van der Waals surface area contributed by atoms with Crippen molar-refractivity contribution in [3.05, 3.63) is 29.8 Å². The van der Waals surface area contributed by atoms with Gasteiger partial charge in [-0.05, 0) is 63.3 Å². The molecule has 3 heteroatoms. The van der Waals surface area contributed by atoms with Gasteiger partial charge >= 0.3 is 0 Å². The van der Waals surface area contributed by atoms with E-state index in [1.807, 2.05) is 12.1 Å². The van der Waals surface area contributed by atoms with Gasteiger partial charge in [-0.25, -0.2) is 0 Å². The summed E-state index contributed by atoms with van der Waals surface area (Å²) in [5.74, 6) is 0.328. The van der Waals surface area contributed by atoms with Crippen LogP contribution in [-0.2, 0) is 6.42 Å². The second-order valence-electron chi connectivity index (χ2n) is 4.84. The molecular weight excluding hydrogens is 226 g/mol. The van der Waals surface area contributed by atoms with Crippen LogP contribution in [-0.4, -0.2) is 29.4 Å². The Hall–Kier alpha value is -1.06. The molecule has 0 saturated heterocycles. The topological polar surface area (TPSA) is 52.5 Å². The quantitative estimate of drug-likeness (QED) is 0.591. The summed E-state index contributed by atoms with van der Waals surface area (Å²) < 4.78 is 0. The smallest absolute Gasteiger partial charge is 0.115 e. The van der Waals surface area contributed by atoms with E-state index in [1.165, 1.54) is 5.56 Å². The number of aromatic hydroxyl groups is 1. The zero-order valence-electron chi connectivity index (χ0n) is 11.2. The van der Waals surface area contributed by atoms with E-state index in [2.05, 4.69) is 12.2 Å². The van der Waals surface area contributed by atoms with Gasteiger partial charge in [-0.1, -0.05) is 12.1 Å². The molecule has 0 heterocycles. The fourth-order valence-electron chi connectivity index (χ4n) is 1.91. The van der Waals surface area contributed by atoms with Crippen molar-refractivity contribution in [2.75, 3.05) is 13.2 Å². The normalized spacial score (nSPS) is 12.6. The third kappa shape index (κ3) is 6.62. The highest BCUT2D eigenvalue weighted by molar-refractivity contribution is 5.25. The largest absolute Gasteiger partial charge is 0.508 e. The fraction of sp³-hybridized carbons (Fsp3) is 0.600. The number of aliphatic hydroxyl groups excluding tert-OH is 1. The van der Waals surface area contributed by atoms with E-state index in [-0.39, 0.29) is 0 Å². The van der Waals surface area contributed by atoms with Gasteiger partial charge in [0.15, 0.2) is 0 Å². The van der Waals surface area contributed by atoms with Crippen molar-refractivity contribution < 1.29 is 10.2 Å². The average molecular weight is 251 g/mol. The Kier molecular flexibility index (Phi) is 7.46. The van der Waals surface area contributed by atoms with Gasteiger partial charge in [0.05, 0.1) is 0 Å². The lowest BCUT2D eigenvalue weighted by Gasteiger charge is -2.13. The molecule has 0 aliphatic carbocycles. The van der Waals surface area contributed by atoms with Gasteiger partial charge < -0.3 is 15.5 Å². The standard InChI is InChI=1S/C15H25NO2/c1-13(16-11-3-2-4-12-17)5-6-14-7-9-15(18)10-8-14/h7-10,13,16-18H,2-6,11-12H2,1H3. The van der Waals surface area contributed by atoms with E-state index in [1.54, 1.807) is 12.1 Å². The molecule has 1 atom stereocenters. The maximum Gasteiger partial charge on any atom is 0.115 e. The highest BCUT2D eigenvalue weighted by Gasteiger charge is 2.01. The van der Waals surface area contributed by atoms with E-state index < -0.39 is 0 Å². The summed E-state index contributed by atoms with van der Waals surface area (Å²) >= 11 is 0. The minimum atomic E-state index is 0.302. The van der Waals surface area contributed by atoms with Crippen LogP contribution in [0, 0.1) is 0 Å². The van der Waals surface area contributed by atoms with Gasteiger partial charge in [0.2, 0.25) is 0 Å². The molecule has 0 aliphatic rings. The van der Waals surface area contributed by atoms with Crippen LogP contribution in [0.15, 0.2) is 24.3 Å². The zero-order chi connectivity index (χ0) is 13.2. The van der Waals surface area contributed by atoms with Crippen LogP contribution in [0.4, 0.5) is 0 Å². The number of phenols is 1. The summed E-state index contributed by atoms with van der Waals surface area (Å²) in [5.41, 5.74) is 1.27. The highest BCUT2D eigenvalue weighted by atomic mass is 16.3. The van der Waals surface area contributed by atoms with E-state index in [4.69, 9.17) is 5.11 Å². The molecule has 18 heavy (non-hydrogen) atoms. The summed E-state index contributed by atoms with van der Waals surface area (Å²) in [6, 6.07) is 7.94. The highest BCUT2D eigenvalue weighted by Crippen LogP contribution is 2.11. The molecule has 0 spiro atoms. The van der Waals surface area contributed by atoms with Gasteiger partial charge in [0, 0.05) is 12.6 Å². The van der Waals surface area contributed by atoms with E-state index in [9.17, 15) is 5.11 Å². The van der Waals surface area contributed by atoms with Crippen molar-refractivity contribution in [1.29, 1.82) is 0 Å². The molecular formula is C15H25NO2. The maximum atomic E-state index is 9.19. The van der Waals surface area contributed by atoms with E-state index >= 15 is 0 Å². The molecule has 0 amide bonds. The summed E-state index contributed by atoms with van der Waals surface area (Å²) in [4.78, 5) is 0. The lowest BCUT2D eigenvalue weighted by atomic mass is 10.1. The minimum absolute atomic E-state index is 0.302. The van der Waals surface area contributed by atoms with Gasteiger partial charge in [-0.3, -0.25) is 0 Å². The molecule has 1 aromatic carbocycles. The Morgan fingerprint density at radius 2 is 1.83 bits per heavy atom. The van der Waals surface area contributed by atoms with Crippen LogP contribution >= 0.6 is 0 Å². The van der Waals surface area contributed by atoms with Gasteiger partial charge in [-0.2, -0.15) is 0 Å². The molecule has 0 saturated carbocycles. The number of hydrogen-bond acceptors (Lipinski definition) is 3. The maximum absolute atomic E-state index is 9.19. The number of hydrogen-bond donors (Lipinski definition) is 3. The Morgan fingerprint density at radius 3 is 2.50 bits per heavy atom. The fourth-order valence-corrected chi connectivity index (χ4v) is 1.91. The van der Waals surface area contributed by atoms with Crippen molar-refractivity contribution >= 4 is 0 Å². The molecule has 1 rings (SSSR count). The van der Waals surface area contributed by atoms with Crippen LogP contribution in [0.25, 0.3) is 0 Å². The molecule has 0 radical (unpaired) electrons. The summed E-state index contributed by atoms with van der Waals surface area (Å²) in [6.07, 6.45) is 5.26. The summed E-state index contributed by atoms with van der Waals surface area (Å²) in [6.45, 7) is 3.53. The Morgan fingerprint density at radius 1 is 1.11 bits per heavy atom. The number of aliphatic hydroxyl groups is 1. The van der Waals surface area contributed by atoms with Crippen molar-refractivity contribution in [3.63, 3.8) is 0 Å². The second-order valence-corrected chi connectivity index (χ2v) is 4.84. The van der Waals surface area contributed by atoms with Gasteiger partial charge in [0.1, 0.15) is 5.75 Å². The second kappa shape index (κ2) is 8.95. The Bertz CT molecular complexity index is 311. The molecule has 0 bridgehead atoms. The SMILES string of the molecule is CC(CCc1ccc(O)cc1)NCCCCCO. The van der Waals surface area contributed by atoms with Crippen molar-refractivity contribution in [1.82, 2.24) is 5.32 Å². The summed E-state index contributed by atoms with van der Waals surface area (Å²) in [5, 5.41) is 21.3. The van der Waals surface area contributed by atoms with Crippen LogP contribution < -0.4 is 5.32 Å². The summed E-state index contributed by atoms with van der Waals surface area (Å²) in [7, 11) is 0. The number of aryl methyl sites for hydroxylation is 1. The first-order valence-electron chi connectivity index (χ1n) is 6.84. The third-order valence-corrected chi connectivity index (χ3v) is 3.13. The number of benzene rings is 1. The molecule has 102 valence electrons. The molecule has 1 aromatic rings. The number of unbranched alkanes of at least 4 members (excludes halogenated alkanes) is 2. The predicted octanol–water partition coefficient (Wildman–Crippen LogP) is 2.47. The van der Waals surface area contributed by atoms with Gasteiger partial charge in [0.25, 0.3) is 0 Å². The van der Waals surface area contributed by atoms with Crippen molar-refractivity contribution in [2.24, 2.45) is 0 Å². The molecule has 0 aliphatic heterocycles. The van der Waals surface area contributed by atoms with Crippen LogP contribution in [0.1, 0.15) is 38.2 Å². The monoisotopic (exact) mass is 251 g/mol. The first-order chi connectivity index (χ1) is 8.72. The number of nitrogens with one attached hydrogen (secondary N) is 1. The Labute approximate surface area is 110 Å². The number of phenolic OH excluding ortho intramolecular Hbond substituents is 1. The van der Waals surface area contributed by atoms with Crippen molar-refractivity contribution in [2.45, 2.75) is 45.1 Å². The first kappa shape index (κ1) is 15.0. The Balaban J connectivity index is 2.09. The van der Waals surface area contributed by atoms with Crippen LogP contribution in [0.5, 0.6) is 5.75 Å². The van der Waals surface area contributed by atoms with E-state index in [0.29, 0.717) is 18.4 Å². The van der Waals surface area contributed by atoms with Gasteiger partial charge in [-0.15, -0.1) is 0 Å². The first-order valence-corrected chi connectivity index (χ1v) is 6.84. The van der Waals surface area contributed by atoms with Crippen molar-refractivity contribution in [3.8, 4) is 5.75 Å². The average Bonchev–Trinajstić information content (AvgIpc) is 2.38. The molecule has 0 fully saturated rings. The minimum Gasteiger partial charge on any atom is -0.508 e. The lowest BCUT2D eigenvalue weighted by molar-refractivity contribution is 0.282. The molecule has 1 unspecified atom stereocenters. The number of rotatable bonds is 9. The molecule has 3 N–H and O–H groups in total. The van der Waals surface area contributed by atoms with Crippen LogP contribution in [0.2, 0.25) is 0 Å². The zero-order valence-corrected chi connectivity index (χ0v) is 11.2.